The molecule has 0 aromatic rings. The van der Waals surface area contributed by atoms with Gasteiger partial charge in [0.1, 0.15) is 0 Å². The molecule has 0 heterocycles. The molecule has 0 aromatic heterocycles. The maximum atomic E-state index is 8.33. The van der Waals surface area contributed by atoms with Gasteiger partial charge >= 0.3 is 68.7 Å². The molecule has 0 amide bonds. The third kappa shape index (κ3) is 11.2. The second-order valence-corrected chi connectivity index (χ2v) is 4.64. The molecule has 0 aliphatic carbocycles. The summed E-state index contributed by atoms with van der Waals surface area (Å²) in [5.74, 6) is 0. The Morgan fingerprint density at radius 3 is 1.71 bits per heavy atom. The minimum absolute atomic E-state index is 0. The van der Waals surface area contributed by atoms with Crippen molar-refractivity contribution in [2.45, 2.75) is 0 Å². The van der Waals surface area contributed by atoms with Crippen LogP contribution < -0.4 is 0 Å². The molecule has 0 saturated heterocycles. The van der Waals surface area contributed by atoms with Crippen molar-refractivity contribution in [3.05, 3.63) is 0 Å². The summed E-state index contributed by atoms with van der Waals surface area (Å²) in [7, 11) is -2.66. The zero-order chi connectivity index (χ0) is 5.21. The van der Waals surface area contributed by atoms with Crippen molar-refractivity contribution >= 4 is 48.0 Å². The molecule has 0 bridgehead atoms. The first-order chi connectivity index (χ1) is 2.56. The average molecular weight is 152 g/mol. The fourth-order valence-electron chi connectivity index (χ4n) is 0. The van der Waals surface area contributed by atoms with Gasteiger partial charge in [0, 0.05) is 0 Å². The van der Waals surface area contributed by atoms with E-state index in [1.807, 2.05) is 0 Å². The fraction of sp³-hybridized carbons (Fsp3) is 1.00. The van der Waals surface area contributed by atoms with Gasteiger partial charge < -0.3 is 0 Å². The van der Waals surface area contributed by atoms with Crippen molar-refractivity contribution in [1.82, 2.24) is 0 Å². The van der Waals surface area contributed by atoms with Crippen LogP contribution in [0.2, 0.25) is 0 Å². The summed E-state index contributed by atoms with van der Waals surface area (Å²) >= 11 is 0. The van der Waals surface area contributed by atoms with Crippen LogP contribution in [0.5, 0.6) is 0 Å². The summed E-state index contributed by atoms with van der Waals surface area (Å²) in [5, 5.41) is 0. The molecule has 42 valence electrons. The molecule has 0 saturated carbocycles. The predicted octanol–water partition coefficient (Wildman–Crippen LogP) is -2.26. The fourth-order valence-corrected chi connectivity index (χ4v) is 0. The second-order valence-electron chi connectivity index (χ2n) is 1.14. The van der Waals surface area contributed by atoms with Gasteiger partial charge in [-0.15, -0.1) is 0 Å². The van der Waals surface area contributed by atoms with E-state index in [1.165, 1.54) is 6.66 Å². The van der Waals surface area contributed by atoms with Gasteiger partial charge in [-0.1, -0.05) is 0 Å². The first-order valence-electron chi connectivity index (χ1n) is 1.56. The van der Waals surface area contributed by atoms with E-state index in [2.05, 4.69) is 4.21 Å². The normalized spacial score (nSPS) is 13.0. The molecule has 7 heavy (non-hydrogen) atoms. The molecular formula is CH10NaO3PSi. The van der Waals surface area contributed by atoms with Crippen LogP contribution in [0.25, 0.3) is 0 Å². The standard InChI is InChI=1S/CH9O3PSi.Na.H/c1-5(2,3)4-6;;/h2-3,5H,1,6H3;;. The molecule has 0 unspecified atom stereocenters. The summed E-state index contributed by atoms with van der Waals surface area (Å²) < 4.78 is 4.33. The van der Waals surface area contributed by atoms with E-state index in [0.717, 1.165) is 0 Å². The molecule has 2 N–H and O–H groups in total. The Hall–Kier alpha value is 1.53. The molecule has 0 aromatic carbocycles. The molecule has 0 aliphatic heterocycles. The number of hydrogen-bond donors (Lipinski definition) is 2. The Morgan fingerprint density at radius 1 is 1.57 bits per heavy atom. The van der Waals surface area contributed by atoms with Crippen molar-refractivity contribution in [2.24, 2.45) is 0 Å². The van der Waals surface area contributed by atoms with Gasteiger partial charge in [0.2, 0.25) is 0 Å². The van der Waals surface area contributed by atoms with E-state index in [0.29, 0.717) is 10.5 Å². The summed E-state index contributed by atoms with van der Waals surface area (Å²) in [5.41, 5.74) is 0. The van der Waals surface area contributed by atoms with Gasteiger partial charge in [-0.05, 0) is 0 Å². The zero-order valence-corrected chi connectivity index (χ0v) is 6.80. The molecule has 0 atom stereocenters. The Kier molecular flexibility index (Phi) is 7.14. The van der Waals surface area contributed by atoms with Crippen LogP contribution in [0.3, 0.4) is 0 Å². The molecule has 0 radical (unpaired) electrons. The van der Waals surface area contributed by atoms with E-state index in [-0.39, 0.29) is 29.6 Å². The van der Waals surface area contributed by atoms with Crippen molar-refractivity contribution in [3.63, 3.8) is 0 Å². The van der Waals surface area contributed by atoms with Gasteiger partial charge in [-0.25, -0.2) is 0 Å². The molecule has 0 rings (SSSR count). The Bertz CT molecular complexity index is 44.7. The van der Waals surface area contributed by atoms with Crippen LogP contribution in [0, 0.1) is 0 Å². The number of rotatable bonds is 1. The van der Waals surface area contributed by atoms with Crippen LogP contribution in [-0.2, 0) is 4.21 Å². The van der Waals surface area contributed by atoms with Gasteiger partial charge in [0.15, 0.2) is 0 Å². The van der Waals surface area contributed by atoms with Crippen molar-refractivity contribution in [3.8, 4) is 0 Å². The topological polar surface area (TPSA) is 49.7 Å². The Balaban J connectivity index is 0. The molecule has 0 fully saturated rings. The Morgan fingerprint density at radius 2 is 1.71 bits per heavy atom. The van der Waals surface area contributed by atoms with E-state index < -0.39 is 7.94 Å². The van der Waals surface area contributed by atoms with Gasteiger partial charge in [0.05, 0.1) is 0 Å². The second kappa shape index (κ2) is 4.41. The van der Waals surface area contributed by atoms with Crippen molar-refractivity contribution < 1.29 is 14.0 Å². The summed E-state index contributed by atoms with van der Waals surface area (Å²) in [6.07, 6.45) is 0. The maximum absolute atomic E-state index is 8.33. The van der Waals surface area contributed by atoms with Gasteiger partial charge in [-0.3, -0.25) is 0 Å². The first-order valence-corrected chi connectivity index (χ1v) is 4.68. The molecule has 3 nitrogen and oxygen atoms in total. The zero-order valence-electron chi connectivity index (χ0n) is 3.80. The molecule has 0 spiro atoms. The van der Waals surface area contributed by atoms with Gasteiger partial charge in [0.25, 0.3) is 0 Å². The van der Waals surface area contributed by atoms with E-state index >= 15 is 0 Å². The molecular weight excluding hydrogens is 142 g/mol. The predicted molar refractivity (Wildman–Crippen MR) is 36.8 cm³/mol. The average Bonchev–Trinajstić information content (AvgIpc) is 1.35. The van der Waals surface area contributed by atoms with E-state index in [4.69, 9.17) is 9.79 Å². The van der Waals surface area contributed by atoms with Crippen LogP contribution in [0.15, 0.2) is 0 Å². The van der Waals surface area contributed by atoms with E-state index in [9.17, 15) is 0 Å². The van der Waals surface area contributed by atoms with Crippen molar-refractivity contribution in [2.75, 3.05) is 6.66 Å². The van der Waals surface area contributed by atoms with E-state index in [1.54, 1.807) is 0 Å². The summed E-state index contributed by atoms with van der Waals surface area (Å²) in [6, 6.07) is 0. The number of hydrogen-bond acceptors (Lipinski definition) is 3. The monoisotopic (exact) mass is 152 g/mol. The third-order valence-electron chi connectivity index (χ3n) is 0.387. The summed E-state index contributed by atoms with van der Waals surface area (Å²) in [6.45, 7) is 1.31. The van der Waals surface area contributed by atoms with Crippen LogP contribution in [0.1, 0.15) is 0 Å². The molecule has 6 heteroatoms. The first kappa shape index (κ1) is 11.3. The third-order valence-corrected chi connectivity index (χ3v) is 3.48. The molecule has 0 aliphatic rings. The Labute approximate surface area is 68.5 Å². The van der Waals surface area contributed by atoms with Gasteiger partial charge in [-0.2, -0.15) is 0 Å². The minimum atomic E-state index is -3.07. The SMILES string of the molecule is C[PH](O)(O)O[SiH3].[NaH]. The summed E-state index contributed by atoms with van der Waals surface area (Å²) in [4.78, 5) is 16.7. The van der Waals surface area contributed by atoms with Crippen LogP contribution >= 0.6 is 7.94 Å². The van der Waals surface area contributed by atoms with Crippen LogP contribution in [-0.4, -0.2) is 56.5 Å². The van der Waals surface area contributed by atoms with Crippen LogP contribution in [0.4, 0.5) is 0 Å². The van der Waals surface area contributed by atoms with Crippen molar-refractivity contribution in [1.29, 1.82) is 0 Å². The quantitative estimate of drug-likeness (QED) is 0.329.